The minimum Gasteiger partial charge on any atom is -0.486 e. The van der Waals surface area contributed by atoms with E-state index in [4.69, 9.17) is 15.3 Å². The molecule has 0 radical (unpaired) electrons. The molecule has 2 aromatic rings. The second kappa shape index (κ2) is 3.13. The maximum absolute atomic E-state index is 11.7. The average Bonchev–Trinajstić information content (AvgIpc) is 2.32. The first-order valence-electron chi connectivity index (χ1n) is 4.82. The highest BCUT2D eigenvalue weighted by molar-refractivity contribution is 5.81. The fourth-order valence-electron chi connectivity index (χ4n) is 1.67. The smallest absolute Gasteiger partial charge is 0.279 e. The lowest BCUT2D eigenvalue weighted by Gasteiger charge is -2.18. The number of nitrogen functional groups attached to an aromatic ring is 1. The molecule has 1 aliphatic heterocycles. The summed E-state index contributed by atoms with van der Waals surface area (Å²) in [6.07, 6.45) is 1.28. The van der Waals surface area contributed by atoms with Gasteiger partial charge in [0.25, 0.3) is 5.56 Å². The molecule has 1 aromatic heterocycles. The molecule has 2 heterocycles. The Morgan fingerprint density at radius 3 is 2.69 bits per heavy atom. The van der Waals surface area contributed by atoms with Crippen molar-refractivity contribution >= 4 is 10.9 Å². The van der Waals surface area contributed by atoms with Gasteiger partial charge in [-0.2, -0.15) is 0 Å². The maximum Gasteiger partial charge on any atom is 0.279 e. The molecule has 2 N–H and O–H groups in total. The lowest BCUT2D eigenvalue weighted by atomic mass is 10.2. The third-order valence-corrected chi connectivity index (χ3v) is 2.45. The molecule has 16 heavy (non-hydrogen) atoms. The van der Waals surface area contributed by atoms with Gasteiger partial charge < -0.3 is 15.3 Å². The van der Waals surface area contributed by atoms with E-state index in [1.807, 2.05) is 0 Å². The summed E-state index contributed by atoms with van der Waals surface area (Å²) in [7, 11) is 0. The number of ether oxygens (including phenoxy) is 2. The molecule has 1 aromatic carbocycles. The predicted molar refractivity (Wildman–Crippen MR) is 57.1 cm³/mol. The van der Waals surface area contributed by atoms with Crippen LogP contribution in [0.2, 0.25) is 0 Å². The molecule has 0 amide bonds. The minimum absolute atomic E-state index is 0.304. The number of hydrogen-bond donors (Lipinski definition) is 1. The van der Waals surface area contributed by atoms with Crippen LogP contribution in [0.15, 0.2) is 23.3 Å². The van der Waals surface area contributed by atoms with Crippen molar-refractivity contribution in [2.45, 2.75) is 0 Å². The highest BCUT2D eigenvalue weighted by Crippen LogP contribution is 2.32. The van der Waals surface area contributed by atoms with Crippen LogP contribution in [-0.4, -0.2) is 22.9 Å². The summed E-state index contributed by atoms with van der Waals surface area (Å²) in [6.45, 7) is 0.988. The van der Waals surface area contributed by atoms with Crippen molar-refractivity contribution in [3.8, 4) is 11.5 Å². The van der Waals surface area contributed by atoms with Crippen LogP contribution in [0.5, 0.6) is 11.5 Å². The zero-order valence-corrected chi connectivity index (χ0v) is 8.34. The van der Waals surface area contributed by atoms with Gasteiger partial charge in [-0.3, -0.25) is 4.79 Å². The first-order chi connectivity index (χ1) is 7.75. The molecule has 0 saturated heterocycles. The molecule has 0 unspecified atom stereocenters. The Morgan fingerprint density at radius 2 is 1.94 bits per heavy atom. The number of nitrogens with two attached hydrogens (primary N) is 1. The van der Waals surface area contributed by atoms with E-state index in [0.717, 1.165) is 4.68 Å². The molecule has 82 valence electrons. The Hall–Kier alpha value is -2.24. The lowest BCUT2D eigenvalue weighted by Crippen LogP contribution is -2.27. The van der Waals surface area contributed by atoms with Gasteiger partial charge in [0.05, 0.1) is 10.9 Å². The number of rotatable bonds is 0. The van der Waals surface area contributed by atoms with Gasteiger partial charge in [-0.05, 0) is 6.07 Å². The highest BCUT2D eigenvalue weighted by Gasteiger charge is 2.14. The Morgan fingerprint density at radius 1 is 1.25 bits per heavy atom. The molecule has 1 aliphatic rings. The number of fused-ring (bicyclic) bond motifs is 2. The van der Waals surface area contributed by atoms with Crippen LogP contribution in [0.25, 0.3) is 10.9 Å². The Bertz CT molecular complexity index is 620. The highest BCUT2D eigenvalue weighted by atomic mass is 16.6. The van der Waals surface area contributed by atoms with E-state index >= 15 is 0 Å². The fourth-order valence-corrected chi connectivity index (χ4v) is 1.67. The fraction of sp³-hybridized carbons (Fsp3) is 0.200. The number of hydrogen-bond acceptors (Lipinski definition) is 5. The standard InChI is InChI=1S/C10H9N3O3/c11-13-5-12-7-4-9-8(15-1-2-16-9)3-6(7)10(13)14/h3-5H,1-2,11H2. The van der Waals surface area contributed by atoms with Crippen molar-refractivity contribution in [1.82, 2.24) is 9.66 Å². The van der Waals surface area contributed by atoms with Crippen molar-refractivity contribution in [3.63, 3.8) is 0 Å². The molecule has 0 aliphatic carbocycles. The molecular weight excluding hydrogens is 210 g/mol. The van der Waals surface area contributed by atoms with E-state index in [9.17, 15) is 4.79 Å². The topological polar surface area (TPSA) is 79.4 Å². The molecule has 0 atom stereocenters. The molecule has 0 spiro atoms. The molecule has 6 nitrogen and oxygen atoms in total. The van der Waals surface area contributed by atoms with Crippen LogP contribution < -0.4 is 20.9 Å². The summed E-state index contributed by atoms with van der Waals surface area (Å²) < 4.78 is 11.7. The van der Waals surface area contributed by atoms with Crippen molar-refractivity contribution in [2.24, 2.45) is 0 Å². The Labute approximate surface area is 90.2 Å². The van der Waals surface area contributed by atoms with Crippen LogP contribution in [0.4, 0.5) is 0 Å². The van der Waals surface area contributed by atoms with Crippen molar-refractivity contribution in [1.29, 1.82) is 0 Å². The SMILES string of the molecule is Nn1cnc2cc3c(cc2c1=O)OCCO3. The van der Waals surface area contributed by atoms with Gasteiger partial charge in [0.15, 0.2) is 11.5 Å². The average molecular weight is 219 g/mol. The largest absolute Gasteiger partial charge is 0.486 e. The normalized spacial score (nSPS) is 14.0. The molecule has 0 saturated carbocycles. The monoisotopic (exact) mass is 219 g/mol. The second-order valence-corrected chi connectivity index (χ2v) is 3.47. The van der Waals surface area contributed by atoms with Crippen molar-refractivity contribution < 1.29 is 9.47 Å². The zero-order chi connectivity index (χ0) is 11.1. The minimum atomic E-state index is -0.304. The van der Waals surface area contributed by atoms with Crippen LogP contribution in [0, 0.1) is 0 Å². The molecule has 0 bridgehead atoms. The summed E-state index contributed by atoms with van der Waals surface area (Å²) in [5.74, 6) is 6.60. The van der Waals surface area contributed by atoms with E-state index in [0.29, 0.717) is 35.6 Å². The van der Waals surface area contributed by atoms with E-state index in [1.165, 1.54) is 6.33 Å². The summed E-state index contributed by atoms with van der Waals surface area (Å²) in [5.41, 5.74) is 0.248. The van der Waals surface area contributed by atoms with Crippen LogP contribution in [-0.2, 0) is 0 Å². The van der Waals surface area contributed by atoms with Crippen LogP contribution in [0.3, 0.4) is 0 Å². The summed E-state index contributed by atoms with van der Waals surface area (Å²) >= 11 is 0. The molecular formula is C10H9N3O3. The number of benzene rings is 1. The molecule has 3 rings (SSSR count). The maximum atomic E-state index is 11.7. The summed E-state index contributed by atoms with van der Waals surface area (Å²) in [5, 5.41) is 0.425. The van der Waals surface area contributed by atoms with Gasteiger partial charge in [0.2, 0.25) is 0 Å². The number of aromatic nitrogens is 2. The van der Waals surface area contributed by atoms with E-state index in [-0.39, 0.29) is 5.56 Å². The van der Waals surface area contributed by atoms with E-state index < -0.39 is 0 Å². The number of nitrogens with zero attached hydrogens (tertiary/aromatic N) is 2. The zero-order valence-electron chi connectivity index (χ0n) is 8.34. The van der Waals surface area contributed by atoms with Gasteiger partial charge in [-0.25, -0.2) is 9.66 Å². The Kier molecular flexibility index (Phi) is 1.76. The van der Waals surface area contributed by atoms with Gasteiger partial charge in [0.1, 0.15) is 19.5 Å². The van der Waals surface area contributed by atoms with E-state index in [2.05, 4.69) is 4.98 Å². The van der Waals surface area contributed by atoms with Gasteiger partial charge in [-0.15, -0.1) is 0 Å². The molecule has 6 heteroatoms. The molecule has 0 fully saturated rings. The summed E-state index contributed by atoms with van der Waals surface area (Å²) in [6, 6.07) is 3.30. The van der Waals surface area contributed by atoms with Crippen molar-refractivity contribution in [2.75, 3.05) is 19.1 Å². The lowest BCUT2D eigenvalue weighted by molar-refractivity contribution is 0.172. The van der Waals surface area contributed by atoms with Gasteiger partial charge >= 0.3 is 0 Å². The van der Waals surface area contributed by atoms with Crippen LogP contribution in [0.1, 0.15) is 0 Å². The van der Waals surface area contributed by atoms with Crippen LogP contribution >= 0.6 is 0 Å². The third kappa shape index (κ3) is 1.19. The Balaban J connectivity index is 2.36. The quantitative estimate of drug-likeness (QED) is 0.625. The first kappa shape index (κ1) is 9.02. The first-order valence-corrected chi connectivity index (χ1v) is 4.82. The summed E-state index contributed by atoms with van der Waals surface area (Å²) in [4.78, 5) is 15.8. The van der Waals surface area contributed by atoms with Crippen molar-refractivity contribution in [3.05, 3.63) is 28.8 Å². The second-order valence-electron chi connectivity index (χ2n) is 3.47. The van der Waals surface area contributed by atoms with E-state index in [1.54, 1.807) is 12.1 Å². The van der Waals surface area contributed by atoms with Gasteiger partial charge in [0, 0.05) is 6.07 Å². The predicted octanol–water partition coefficient (Wildman–Crippen LogP) is -0.119. The van der Waals surface area contributed by atoms with Gasteiger partial charge in [-0.1, -0.05) is 0 Å². The third-order valence-electron chi connectivity index (χ3n) is 2.45.